The summed E-state index contributed by atoms with van der Waals surface area (Å²) in [5, 5.41) is 12.2. The van der Waals surface area contributed by atoms with Crippen LogP contribution in [0.15, 0.2) is 48.5 Å². The van der Waals surface area contributed by atoms with Crippen LogP contribution in [0.1, 0.15) is 36.3 Å². The van der Waals surface area contributed by atoms with Crippen LogP contribution in [-0.4, -0.2) is 58.8 Å². The van der Waals surface area contributed by atoms with E-state index in [1.165, 1.54) is 27.8 Å². The third-order valence-corrected chi connectivity index (χ3v) is 7.96. The lowest BCUT2D eigenvalue weighted by atomic mass is 9.98. The molecule has 0 radical (unpaired) electrons. The predicted molar refractivity (Wildman–Crippen MR) is 129 cm³/mol. The monoisotopic (exact) mass is 480 g/mol. The van der Waals surface area contributed by atoms with Crippen LogP contribution in [0.2, 0.25) is 0 Å². The molecule has 2 aromatic rings. The number of nitrogens with zero attached hydrogens (tertiary/aromatic N) is 1. The van der Waals surface area contributed by atoms with Crippen molar-refractivity contribution in [3.8, 4) is 11.1 Å². The van der Waals surface area contributed by atoms with E-state index in [1.54, 1.807) is 0 Å². The number of alkyl carbamates (subject to hydrolysis) is 1. The maximum Gasteiger partial charge on any atom is 0.407 e. The second-order valence-electron chi connectivity index (χ2n) is 9.24. The van der Waals surface area contributed by atoms with Crippen LogP contribution in [-0.2, 0) is 14.3 Å². The number of hydrogen-bond donors (Lipinski definition) is 2. The Morgan fingerprint density at radius 1 is 1.06 bits per heavy atom. The van der Waals surface area contributed by atoms with Gasteiger partial charge in [-0.2, -0.15) is 0 Å². The molecule has 2 aromatic carbocycles. The summed E-state index contributed by atoms with van der Waals surface area (Å²) in [6, 6.07) is 15.5. The van der Waals surface area contributed by atoms with E-state index in [9.17, 15) is 19.5 Å². The Hall–Kier alpha value is -3.00. The van der Waals surface area contributed by atoms with Crippen LogP contribution < -0.4 is 5.32 Å². The molecule has 0 bridgehead atoms. The zero-order chi connectivity index (χ0) is 23.7. The number of fused-ring (bicyclic) bond motifs is 3. The van der Waals surface area contributed by atoms with E-state index in [4.69, 9.17) is 4.74 Å². The first kappa shape index (κ1) is 22.8. The molecule has 7 nitrogen and oxygen atoms in total. The van der Waals surface area contributed by atoms with Crippen LogP contribution in [0.25, 0.3) is 11.1 Å². The molecule has 8 heteroatoms. The van der Waals surface area contributed by atoms with Gasteiger partial charge >= 0.3 is 12.1 Å². The Bertz CT molecular complexity index is 1060. The normalized spacial score (nSPS) is 19.9. The molecule has 3 aliphatic rings. The van der Waals surface area contributed by atoms with Gasteiger partial charge in [-0.05, 0) is 34.6 Å². The summed E-state index contributed by atoms with van der Waals surface area (Å²) < 4.78 is 5.60. The summed E-state index contributed by atoms with van der Waals surface area (Å²) >= 11 is 1.45. The number of ether oxygens (including phenoxy) is 1. The molecule has 1 saturated carbocycles. The van der Waals surface area contributed by atoms with Gasteiger partial charge in [-0.25, -0.2) is 9.59 Å². The topological polar surface area (TPSA) is 95.9 Å². The molecule has 2 N–H and O–H groups in total. The quantitative estimate of drug-likeness (QED) is 0.595. The number of nitrogens with one attached hydrogen (secondary N) is 1. The van der Waals surface area contributed by atoms with Crippen molar-refractivity contribution < 1.29 is 24.2 Å². The van der Waals surface area contributed by atoms with E-state index >= 15 is 0 Å². The molecular weight excluding hydrogens is 452 g/mol. The highest BCUT2D eigenvalue weighted by atomic mass is 32.2. The Morgan fingerprint density at radius 2 is 1.71 bits per heavy atom. The Labute approximate surface area is 202 Å². The van der Waals surface area contributed by atoms with Crippen LogP contribution in [0.5, 0.6) is 0 Å². The number of carboxylic acid groups (broad SMARTS) is 1. The van der Waals surface area contributed by atoms with Crippen molar-refractivity contribution in [2.24, 2.45) is 11.8 Å². The van der Waals surface area contributed by atoms with Gasteiger partial charge in [0, 0.05) is 18.2 Å². The van der Waals surface area contributed by atoms with E-state index in [-0.39, 0.29) is 25.0 Å². The average molecular weight is 481 g/mol. The molecule has 1 heterocycles. The van der Waals surface area contributed by atoms with Gasteiger partial charge in [-0.3, -0.25) is 4.79 Å². The number of rotatable bonds is 8. The smallest absolute Gasteiger partial charge is 0.407 e. The fourth-order valence-electron chi connectivity index (χ4n) is 4.98. The van der Waals surface area contributed by atoms with E-state index < -0.39 is 24.0 Å². The number of aliphatic carboxylic acids is 1. The Morgan fingerprint density at radius 3 is 2.32 bits per heavy atom. The van der Waals surface area contributed by atoms with Gasteiger partial charge in [0.1, 0.15) is 12.6 Å². The van der Waals surface area contributed by atoms with E-state index in [1.807, 2.05) is 24.3 Å². The van der Waals surface area contributed by atoms with Crippen molar-refractivity contribution >= 4 is 29.7 Å². The zero-order valence-corrected chi connectivity index (χ0v) is 19.6. The highest BCUT2D eigenvalue weighted by Gasteiger charge is 2.39. The Balaban J connectivity index is 1.20. The second-order valence-corrected chi connectivity index (χ2v) is 10.2. The summed E-state index contributed by atoms with van der Waals surface area (Å²) in [5.41, 5.74) is 4.62. The molecule has 0 spiro atoms. The lowest BCUT2D eigenvalue weighted by Gasteiger charge is -2.26. The number of amides is 2. The number of carbonyl (C=O) groups excluding carboxylic acids is 2. The van der Waals surface area contributed by atoms with Gasteiger partial charge in [0.05, 0.1) is 11.8 Å². The minimum atomic E-state index is -0.979. The van der Waals surface area contributed by atoms with Crippen molar-refractivity contribution in [3.05, 3.63) is 59.7 Å². The van der Waals surface area contributed by atoms with E-state index in [0.29, 0.717) is 24.0 Å². The van der Waals surface area contributed by atoms with Gasteiger partial charge in [0.25, 0.3) is 0 Å². The van der Waals surface area contributed by atoms with Crippen molar-refractivity contribution in [1.29, 1.82) is 0 Å². The summed E-state index contributed by atoms with van der Waals surface area (Å²) in [7, 11) is 0. The number of carboxylic acids is 1. The molecule has 1 aliphatic heterocycles. The first-order valence-corrected chi connectivity index (χ1v) is 12.9. The Kier molecular flexibility index (Phi) is 6.50. The summed E-state index contributed by atoms with van der Waals surface area (Å²) in [4.78, 5) is 38.7. The first-order chi connectivity index (χ1) is 16.5. The SMILES string of the molecule is O=C(NCC(CC1CC1)C(=O)N1CSC[C@H]1C(=O)O)OCC1c2ccccc2-c2ccccc21. The maximum absolute atomic E-state index is 13.1. The minimum absolute atomic E-state index is 0.0278. The minimum Gasteiger partial charge on any atom is -0.480 e. The summed E-state index contributed by atoms with van der Waals surface area (Å²) in [5.74, 6) is -0.388. The van der Waals surface area contributed by atoms with Crippen molar-refractivity contribution in [3.63, 3.8) is 0 Å². The molecule has 2 fully saturated rings. The van der Waals surface area contributed by atoms with Crippen LogP contribution in [0, 0.1) is 11.8 Å². The molecule has 2 amide bonds. The van der Waals surface area contributed by atoms with Crippen LogP contribution in [0.4, 0.5) is 4.79 Å². The van der Waals surface area contributed by atoms with Crippen molar-refractivity contribution in [2.45, 2.75) is 31.2 Å². The average Bonchev–Trinajstić information content (AvgIpc) is 3.42. The largest absolute Gasteiger partial charge is 0.480 e. The number of benzene rings is 2. The molecule has 5 rings (SSSR count). The molecule has 2 atom stereocenters. The van der Waals surface area contributed by atoms with Crippen molar-refractivity contribution in [2.75, 3.05) is 24.8 Å². The molecule has 34 heavy (non-hydrogen) atoms. The molecule has 178 valence electrons. The van der Waals surface area contributed by atoms with Gasteiger partial charge in [-0.15, -0.1) is 11.8 Å². The highest BCUT2D eigenvalue weighted by molar-refractivity contribution is 7.99. The molecule has 2 aliphatic carbocycles. The fraction of sp³-hybridized carbons (Fsp3) is 0.423. The number of hydrogen-bond acceptors (Lipinski definition) is 5. The molecule has 0 aromatic heterocycles. The lowest BCUT2D eigenvalue weighted by molar-refractivity contribution is -0.149. The third-order valence-electron chi connectivity index (χ3n) is 6.95. The standard InChI is InChI=1S/C26H28N2O5S/c29-24(28-15-34-14-23(28)25(30)31)17(11-16-9-10-16)12-27-26(32)33-13-22-20-7-3-1-5-18(20)19-6-2-4-8-21(19)22/h1-8,16-17,22-23H,9-15H2,(H,27,32)(H,30,31)/t17?,23-/m0/s1. The summed E-state index contributed by atoms with van der Waals surface area (Å²) in [6.07, 6.45) is 2.26. The van der Waals surface area contributed by atoms with Gasteiger partial charge < -0.3 is 20.1 Å². The number of thioether (sulfide) groups is 1. The molecule has 1 saturated heterocycles. The van der Waals surface area contributed by atoms with E-state index in [2.05, 4.69) is 29.6 Å². The zero-order valence-electron chi connectivity index (χ0n) is 18.8. The highest BCUT2D eigenvalue weighted by Crippen LogP contribution is 2.44. The second kappa shape index (κ2) is 9.70. The third kappa shape index (κ3) is 4.64. The predicted octanol–water partition coefficient (Wildman–Crippen LogP) is 3.93. The summed E-state index contributed by atoms with van der Waals surface area (Å²) in [6.45, 7) is 0.366. The van der Waals surface area contributed by atoms with Gasteiger partial charge in [-0.1, -0.05) is 61.4 Å². The van der Waals surface area contributed by atoms with E-state index in [0.717, 1.165) is 24.0 Å². The van der Waals surface area contributed by atoms with Crippen LogP contribution >= 0.6 is 11.8 Å². The fourth-order valence-corrected chi connectivity index (χ4v) is 6.14. The van der Waals surface area contributed by atoms with Crippen LogP contribution in [0.3, 0.4) is 0 Å². The van der Waals surface area contributed by atoms with Gasteiger partial charge in [0.2, 0.25) is 5.91 Å². The first-order valence-electron chi connectivity index (χ1n) is 11.7. The van der Waals surface area contributed by atoms with Crippen molar-refractivity contribution in [1.82, 2.24) is 10.2 Å². The molecular formula is C26H28N2O5S. The molecule has 1 unspecified atom stereocenters. The number of carbonyl (C=O) groups is 3. The lowest BCUT2D eigenvalue weighted by Crippen LogP contribution is -2.47. The maximum atomic E-state index is 13.1. The van der Waals surface area contributed by atoms with Gasteiger partial charge in [0.15, 0.2) is 0 Å².